The molecule has 0 atom stereocenters. The standard InChI is InChI=1S/C33H48N4/c1-8-25(4)33(36-30-12-10-11-13-30)35-21-18-26(5)31(27(6)28-16-14-24(3)15-17-28)32(34-7)29-19-22-37(9-2)23-20-29/h9,14-18,21,29-30,34,36H,2,6,8,10-13,19-20,22-23H2,1,3-5,7H3/b26-18+,32-31-,33-25?,35-21-. The van der Waals surface area contributed by atoms with Gasteiger partial charge in [-0.3, -0.25) is 0 Å². The van der Waals surface area contributed by atoms with Gasteiger partial charge in [0, 0.05) is 49.6 Å². The fraction of sp³-hybridized carbons (Fsp3) is 0.485. The smallest absolute Gasteiger partial charge is 0.124 e. The molecule has 4 heteroatoms. The molecule has 37 heavy (non-hydrogen) atoms. The highest BCUT2D eigenvalue weighted by atomic mass is 15.1. The first-order chi connectivity index (χ1) is 17.9. The molecule has 1 aromatic rings. The van der Waals surface area contributed by atoms with E-state index >= 15 is 0 Å². The van der Waals surface area contributed by atoms with Gasteiger partial charge in [0.25, 0.3) is 0 Å². The number of hydrogen-bond acceptors (Lipinski definition) is 4. The first kappa shape index (κ1) is 28.6. The Bertz CT molecular complexity index is 1040. The number of likely N-dealkylation sites (tertiary alicyclic amines) is 1. The lowest BCUT2D eigenvalue weighted by atomic mass is 9.84. The van der Waals surface area contributed by atoms with E-state index in [1.54, 1.807) is 0 Å². The summed E-state index contributed by atoms with van der Waals surface area (Å²) >= 11 is 0. The molecule has 2 fully saturated rings. The van der Waals surface area contributed by atoms with E-state index in [0.717, 1.165) is 49.3 Å². The lowest BCUT2D eigenvalue weighted by Crippen LogP contribution is -2.33. The van der Waals surface area contributed by atoms with Crippen LogP contribution in [0.2, 0.25) is 0 Å². The zero-order chi connectivity index (χ0) is 26.8. The fourth-order valence-corrected chi connectivity index (χ4v) is 5.42. The summed E-state index contributed by atoms with van der Waals surface area (Å²) in [6.07, 6.45) is 14.4. The predicted molar refractivity (Wildman–Crippen MR) is 161 cm³/mol. The van der Waals surface area contributed by atoms with Gasteiger partial charge in [-0.15, -0.1) is 0 Å². The molecule has 0 bridgehead atoms. The number of aliphatic imine (C=N–C) groups is 1. The van der Waals surface area contributed by atoms with Crippen LogP contribution in [0.25, 0.3) is 5.57 Å². The monoisotopic (exact) mass is 500 g/mol. The van der Waals surface area contributed by atoms with Crippen molar-refractivity contribution in [2.75, 3.05) is 20.1 Å². The molecule has 1 aromatic carbocycles. The Morgan fingerprint density at radius 3 is 2.30 bits per heavy atom. The van der Waals surface area contributed by atoms with Crippen LogP contribution in [0.15, 0.2) is 82.9 Å². The van der Waals surface area contributed by atoms with Crippen LogP contribution in [-0.4, -0.2) is 37.3 Å². The molecule has 1 aliphatic heterocycles. The maximum atomic E-state index is 4.92. The summed E-state index contributed by atoms with van der Waals surface area (Å²) < 4.78 is 0. The summed E-state index contributed by atoms with van der Waals surface area (Å²) in [5, 5.41) is 7.31. The number of hydrogen-bond donors (Lipinski definition) is 2. The van der Waals surface area contributed by atoms with Gasteiger partial charge >= 0.3 is 0 Å². The first-order valence-electron chi connectivity index (χ1n) is 14.1. The van der Waals surface area contributed by atoms with Gasteiger partial charge in [0.2, 0.25) is 0 Å². The molecule has 3 rings (SSSR count). The summed E-state index contributed by atoms with van der Waals surface area (Å²) in [6, 6.07) is 9.25. The second kappa shape index (κ2) is 14.1. The van der Waals surface area contributed by atoms with Crippen molar-refractivity contribution < 1.29 is 0 Å². The minimum Gasteiger partial charge on any atom is -0.391 e. The average Bonchev–Trinajstić information content (AvgIpc) is 3.44. The van der Waals surface area contributed by atoms with Gasteiger partial charge < -0.3 is 15.5 Å². The van der Waals surface area contributed by atoms with Crippen LogP contribution in [0.5, 0.6) is 0 Å². The maximum absolute atomic E-state index is 4.92. The quantitative estimate of drug-likeness (QED) is 0.244. The minimum atomic E-state index is 0.459. The molecule has 2 N–H and O–H groups in total. The van der Waals surface area contributed by atoms with Gasteiger partial charge in [-0.1, -0.05) is 62.8 Å². The SMILES string of the molecule is C=CN1CCC(\C(NC)=C(C(=C)c2ccc(C)cc2)/C(C)=C/C=N\C(NC2CCCC2)=C(C)CC)CC1. The third kappa shape index (κ3) is 7.74. The molecule has 0 radical (unpaired) electrons. The van der Waals surface area contributed by atoms with E-state index in [-0.39, 0.29) is 0 Å². The molecule has 200 valence electrons. The van der Waals surface area contributed by atoms with Crippen molar-refractivity contribution in [3.05, 3.63) is 89.1 Å². The summed E-state index contributed by atoms with van der Waals surface area (Å²) in [5.41, 5.74) is 8.44. The zero-order valence-electron chi connectivity index (χ0n) is 23.9. The van der Waals surface area contributed by atoms with Crippen molar-refractivity contribution in [2.24, 2.45) is 10.9 Å². The van der Waals surface area contributed by atoms with Gasteiger partial charge in [-0.25, -0.2) is 4.99 Å². The number of benzene rings is 1. The Labute approximate surface area is 226 Å². The molecule has 1 saturated heterocycles. The highest BCUT2D eigenvalue weighted by molar-refractivity contribution is 5.86. The van der Waals surface area contributed by atoms with E-state index in [0.29, 0.717) is 12.0 Å². The molecular weight excluding hydrogens is 452 g/mol. The van der Waals surface area contributed by atoms with Gasteiger partial charge in [-0.05, 0) is 87.4 Å². The topological polar surface area (TPSA) is 39.7 Å². The van der Waals surface area contributed by atoms with Crippen LogP contribution in [0.3, 0.4) is 0 Å². The summed E-state index contributed by atoms with van der Waals surface area (Å²) in [5.74, 6) is 1.49. The molecule has 1 heterocycles. The molecule has 0 aromatic heterocycles. The van der Waals surface area contributed by atoms with Crippen LogP contribution in [-0.2, 0) is 0 Å². The summed E-state index contributed by atoms with van der Waals surface area (Å²) in [6.45, 7) is 19.3. The van der Waals surface area contributed by atoms with Crippen LogP contribution in [0.1, 0.15) is 76.8 Å². The molecular formula is C33H48N4. The molecule has 1 aliphatic carbocycles. The summed E-state index contributed by atoms with van der Waals surface area (Å²) in [7, 11) is 2.05. The third-order valence-electron chi connectivity index (χ3n) is 7.99. The average molecular weight is 501 g/mol. The Kier molecular flexibility index (Phi) is 10.9. The predicted octanol–water partition coefficient (Wildman–Crippen LogP) is 7.53. The Hall–Kier alpha value is -3.01. The first-order valence-corrected chi connectivity index (χ1v) is 14.1. The van der Waals surface area contributed by atoms with Gasteiger partial charge in [0.1, 0.15) is 5.82 Å². The number of nitrogens with zero attached hydrogens (tertiary/aromatic N) is 2. The van der Waals surface area contributed by atoms with Crippen LogP contribution < -0.4 is 10.6 Å². The number of rotatable bonds is 11. The molecule has 1 saturated carbocycles. The van der Waals surface area contributed by atoms with Gasteiger partial charge in [-0.2, -0.15) is 0 Å². The van der Waals surface area contributed by atoms with Crippen molar-refractivity contribution in [1.82, 2.24) is 15.5 Å². The largest absolute Gasteiger partial charge is 0.391 e. The van der Waals surface area contributed by atoms with Crippen molar-refractivity contribution in [3.63, 3.8) is 0 Å². The van der Waals surface area contributed by atoms with E-state index in [4.69, 9.17) is 4.99 Å². The second-order valence-electron chi connectivity index (χ2n) is 10.6. The maximum Gasteiger partial charge on any atom is 0.124 e. The van der Waals surface area contributed by atoms with E-state index in [9.17, 15) is 0 Å². The number of allylic oxidation sites excluding steroid dienone is 6. The van der Waals surface area contributed by atoms with E-state index < -0.39 is 0 Å². The molecule has 0 unspecified atom stereocenters. The van der Waals surface area contributed by atoms with E-state index in [2.05, 4.69) is 93.8 Å². The van der Waals surface area contributed by atoms with Crippen molar-refractivity contribution in [2.45, 2.75) is 78.7 Å². The molecule has 0 spiro atoms. The summed E-state index contributed by atoms with van der Waals surface area (Å²) in [4.78, 5) is 7.23. The van der Waals surface area contributed by atoms with Gasteiger partial charge in [0.05, 0.1) is 0 Å². The van der Waals surface area contributed by atoms with Crippen LogP contribution in [0, 0.1) is 12.8 Å². The Morgan fingerprint density at radius 1 is 1.08 bits per heavy atom. The minimum absolute atomic E-state index is 0.459. The lowest BCUT2D eigenvalue weighted by molar-refractivity contribution is 0.260. The Balaban J connectivity index is 1.96. The number of aryl methyl sites for hydroxylation is 1. The van der Waals surface area contributed by atoms with Crippen molar-refractivity contribution >= 4 is 11.8 Å². The van der Waals surface area contributed by atoms with E-state index in [1.165, 1.54) is 53.7 Å². The Morgan fingerprint density at radius 2 is 1.73 bits per heavy atom. The normalized spacial score (nSPS) is 19.1. The van der Waals surface area contributed by atoms with Crippen molar-refractivity contribution in [3.8, 4) is 0 Å². The van der Waals surface area contributed by atoms with Gasteiger partial charge in [0.15, 0.2) is 0 Å². The van der Waals surface area contributed by atoms with E-state index in [1.807, 2.05) is 12.4 Å². The zero-order valence-corrected chi connectivity index (χ0v) is 23.9. The lowest BCUT2D eigenvalue weighted by Gasteiger charge is -2.34. The van der Waals surface area contributed by atoms with Crippen LogP contribution >= 0.6 is 0 Å². The molecule has 0 amide bonds. The second-order valence-corrected chi connectivity index (χ2v) is 10.6. The number of piperidine rings is 1. The highest BCUT2D eigenvalue weighted by Crippen LogP contribution is 2.35. The highest BCUT2D eigenvalue weighted by Gasteiger charge is 2.25. The van der Waals surface area contributed by atoms with Crippen molar-refractivity contribution in [1.29, 1.82) is 0 Å². The number of nitrogens with one attached hydrogen (secondary N) is 2. The van der Waals surface area contributed by atoms with Crippen LogP contribution in [0.4, 0.5) is 0 Å². The molecule has 2 aliphatic rings. The third-order valence-corrected chi connectivity index (χ3v) is 7.99. The fourth-order valence-electron chi connectivity index (χ4n) is 5.42. The molecule has 4 nitrogen and oxygen atoms in total.